The number of amides is 1. The number of hydrazine groups is 1. The molecule has 0 atom stereocenters. The number of nitrogens with two attached hydrogens (primary N) is 2. The number of benzene rings is 3. The predicted molar refractivity (Wildman–Crippen MR) is 101 cm³/mol. The maximum Gasteiger partial charge on any atom is 0.255 e. The van der Waals surface area contributed by atoms with E-state index in [0.29, 0.717) is 16.8 Å². The molecule has 132 valence electrons. The number of hydrogen-bond acceptors (Lipinski definition) is 4. The first kappa shape index (κ1) is 17.4. The van der Waals surface area contributed by atoms with Gasteiger partial charge in [0.05, 0.1) is 5.69 Å². The lowest BCUT2D eigenvalue weighted by Gasteiger charge is -2.13. The van der Waals surface area contributed by atoms with Crippen molar-refractivity contribution in [1.29, 1.82) is 0 Å². The third-order valence-corrected chi connectivity index (χ3v) is 4.01. The van der Waals surface area contributed by atoms with Crippen LogP contribution in [0.25, 0.3) is 10.8 Å². The Morgan fingerprint density at radius 1 is 1.04 bits per heavy atom. The molecule has 1 amide bonds. The van der Waals surface area contributed by atoms with E-state index in [0.717, 1.165) is 16.3 Å². The van der Waals surface area contributed by atoms with Crippen LogP contribution in [0.4, 0.5) is 10.1 Å². The average molecular weight is 351 g/mol. The Labute approximate surface area is 149 Å². The van der Waals surface area contributed by atoms with E-state index in [-0.39, 0.29) is 17.6 Å². The number of rotatable bonds is 3. The fourth-order valence-electron chi connectivity index (χ4n) is 2.70. The number of hydrogen-bond donors (Lipinski definition) is 4. The Morgan fingerprint density at radius 3 is 2.50 bits per heavy atom. The number of amidine groups is 1. The first-order chi connectivity index (χ1) is 12.5. The zero-order valence-electron chi connectivity index (χ0n) is 14.1. The van der Waals surface area contributed by atoms with Crippen LogP contribution in [0.3, 0.4) is 0 Å². The normalized spacial score (nSPS) is 11.4. The van der Waals surface area contributed by atoms with Gasteiger partial charge in [0.2, 0.25) is 0 Å². The van der Waals surface area contributed by atoms with Crippen LogP contribution in [0.1, 0.15) is 21.5 Å². The molecule has 3 rings (SSSR count). The molecule has 0 heterocycles. The van der Waals surface area contributed by atoms with Crippen molar-refractivity contribution in [2.75, 3.05) is 5.32 Å². The van der Waals surface area contributed by atoms with Gasteiger partial charge in [0.1, 0.15) is 5.82 Å². The molecule has 0 saturated heterocycles. The second-order valence-corrected chi connectivity index (χ2v) is 5.83. The number of carbonyl (C=O) groups is 1. The van der Waals surface area contributed by atoms with Crippen molar-refractivity contribution in [2.45, 2.75) is 6.92 Å². The van der Waals surface area contributed by atoms with Crippen molar-refractivity contribution in [1.82, 2.24) is 5.43 Å². The Kier molecular flexibility index (Phi) is 4.81. The highest BCUT2D eigenvalue weighted by atomic mass is 19.1. The van der Waals surface area contributed by atoms with Crippen LogP contribution in [0.5, 0.6) is 0 Å². The van der Waals surface area contributed by atoms with Gasteiger partial charge in [0, 0.05) is 11.1 Å². The zero-order chi connectivity index (χ0) is 18.7. The van der Waals surface area contributed by atoms with E-state index in [1.807, 2.05) is 19.1 Å². The van der Waals surface area contributed by atoms with E-state index in [4.69, 9.17) is 11.7 Å². The van der Waals surface area contributed by atoms with Crippen LogP contribution in [-0.4, -0.2) is 11.7 Å². The minimum atomic E-state index is -0.318. The molecule has 0 spiro atoms. The largest absolute Gasteiger partial charge is 0.321 e. The van der Waals surface area contributed by atoms with E-state index in [1.54, 1.807) is 30.3 Å². The Balaban J connectivity index is 1.94. The topological polar surface area (TPSA) is 106 Å². The Hall–Kier alpha value is -3.45. The van der Waals surface area contributed by atoms with Gasteiger partial charge in [-0.25, -0.2) is 10.2 Å². The van der Waals surface area contributed by atoms with Gasteiger partial charge in [0.15, 0.2) is 5.84 Å². The van der Waals surface area contributed by atoms with Crippen LogP contribution in [0.2, 0.25) is 0 Å². The lowest BCUT2D eigenvalue weighted by Crippen LogP contribution is -2.33. The summed E-state index contributed by atoms with van der Waals surface area (Å²) in [7, 11) is 0. The van der Waals surface area contributed by atoms with Gasteiger partial charge in [-0.1, -0.05) is 23.8 Å². The van der Waals surface area contributed by atoms with Crippen molar-refractivity contribution < 1.29 is 9.18 Å². The standard InChI is InChI=1S/C19H18FN5O/c1-11-2-7-17(16(8-11)18(24-21)25-22)23-19(26)14-4-3-13-10-15(20)6-5-12(13)9-14/h2-10H,21-22H2,1H3,(H,23,26)(H,24,25). The number of carbonyl (C=O) groups excluding carboxylic acids is 1. The molecule has 6 N–H and O–H groups in total. The van der Waals surface area contributed by atoms with Crippen LogP contribution < -0.4 is 22.4 Å². The molecule has 0 unspecified atom stereocenters. The maximum absolute atomic E-state index is 13.3. The molecule has 0 fully saturated rings. The van der Waals surface area contributed by atoms with Gasteiger partial charge in [-0.05, 0) is 54.1 Å². The van der Waals surface area contributed by atoms with Gasteiger partial charge in [0.25, 0.3) is 5.91 Å². The van der Waals surface area contributed by atoms with Gasteiger partial charge in [-0.2, -0.15) is 5.10 Å². The minimum Gasteiger partial charge on any atom is -0.321 e. The lowest BCUT2D eigenvalue weighted by molar-refractivity contribution is 0.102. The average Bonchev–Trinajstić information content (AvgIpc) is 2.64. The Bertz CT molecular complexity index is 1020. The summed E-state index contributed by atoms with van der Waals surface area (Å²) < 4.78 is 13.3. The molecular weight excluding hydrogens is 333 g/mol. The molecule has 3 aromatic rings. The second kappa shape index (κ2) is 7.20. The number of nitrogens with one attached hydrogen (secondary N) is 2. The summed E-state index contributed by atoms with van der Waals surface area (Å²) in [6, 6.07) is 14.9. The summed E-state index contributed by atoms with van der Waals surface area (Å²) in [5.41, 5.74) is 4.91. The highest BCUT2D eigenvalue weighted by Crippen LogP contribution is 2.21. The van der Waals surface area contributed by atoms with Crippen LogP contribution >= 0.6 is 0 Å². The highest BCUT2D eigenvalue weighted by molar-refractivity contribution is 6.11. The highest BCUT2D eigenvalue weighted by Gasteiger charge is 2.13. The molecule has 0 aliphatic rings. The third-order valence-electron chi connectivity index (χ3n) is 4.01. The van der Waals surface area contributed by atoms with Gasteiger partial charge in [-0.3, -0.25) is 4.79 Å². The molecule has 7 heteroatoms. The first-order valence-electron chi connectivity index (χ1n) is 7.88. The number of fused-ring (bicyclic) bond motifs is 1. The quantitative estimate of drug-likeness (QED) is 0.252. The van der Waals surface area contributed by atoms with Gasteiger partial charge < -0.3 is 16.6 Å². The second-order valence-electron chi connectivity index (χ2n) is 5.83. The molecule has 0 saturated carbocycles. The molecule has 26 heavy (non-hydrogen) atoms. The maximum atomic E-state index is 13.3. The van der Waals surface area contributed by atoms with E-state index in [9.17, 15) is 9.18 Å². The smallest absolute Gasteiger partial charge is 0.255 e. The van der Waals surface area contributed by atoms with E-state index in [2.05, 4.69) is 15.8 Å². The number of anilines is 1. The molecule has 6 nitrogen and oxygen atoms in total. The third kappa shape index (κ3) is 3.47. The molecule has 0 aromatic heterocycles. The minimum absolute atomic E-state index is 0.248. The monoisotopic (exact) mass is 351 g/mol. The molecule has 0 bridgehead atoms. The fraction of sp³-hybridized carbons (Fsp3) is 0.0526. The molecule has 0 aliphatic carbocycles. The van der Waals surface area contributed by atoms with Crippen LogP contribution in [-0.2, 0) is 0 Å². The number of aryl methyl sites for hydroxylation is 1. The molecular formula is C19H18FN5O. The fourth-order valence-corrected chi connectivity index (χ4v) is 2.70. The number of hydrazone groups is 1. The predicted octanol–water partition coefficient (Wildman–Crippen LogP) is 2.62. The van der Waals surface area contributed by atoms with Crippen LogP contribution in [0, 0.1) is 12.7 Å². The number of nitrogens with zero attached hydrogens (tertiary/aromatic N) is 1. The summed E-state index contributed by atoms with van der Waals surface area (Å²) in [6.45, 7) is 1.90. The first-order valence-corrected chi connectivity index (χ1v) is 7.88. The molecule has 3 aromatic carbocycles. The van der Waals surface area contributed by atoms with Crippen molar-refractivity contribution in [3.05, 3.63) is 77.1 Å². The van der Waals surface area contributed by atoms with Crippen molar-refractivity contribution in [2.24, 2.45) is 16.8 Å². The summed E-state index contributed by atoms with van der Waals surface area (Å²) in [5.74, 6) is 10.4. The Morgan fingerprint density at radius 2 is 1.77 bits per heavy atom. The van der Waals surface area contributed by atoms with E-state index in [1.165, 1.54) is 12.1 Å². The van der Waals surface area contributed by atoms with Crippen molar-refractivity contribution >= 4 is 28.2 Å². The SMILES string of the molecule is Cc1ccc(NC(=O)c2ccc3cc(F)ccc3c2)c(/C(=N/N)NN)c1. The van der Waals surface area contributed by atoms with E-state index < -0.39 is 0 Å². The molecule has 0 radical (unpaired) electrons. The molecule has 0 aliphatic heterocycles. The summed E-state index contributed by atoms with van der Waals surface area (Å²) in [4.78, 5) is 12.7. The van der Waals surface area contributed by atoms with Crippen molar-refractivity contribution in [3.63, 3.8) is 0 Å². The van der Waals surface area contributed by atoms with Gasteiger partial charge in [-0.15, -0.1) is 0 Å². The summed E-state index contributed by atoms with van der Waals surface area (Å²) >= 11 is 0. The number of halogens is 1. The van der Waals surface area contributed by atoms with Crippen molar-refractivity contribution in [3.8, 4) is 0 Å². The van der Waals surface area contributed by atoms with E-state index >= 15 is 0 Å². The lowest BCUT2D eigenvalue weighted by atomic mass is 10.1. The zero-order valence-corrected chi connectivity index (χ0v) is 14.1. The van der Waals surface area contributed by atoms with Crippen LogP contribution in [0.15, 0.2) is 59.7 Å². The summed E-state index contributed by atoms with van der Waals surface area (Å²) in [5, 5.41) is 7.93. The summed E-state index contributed by atoms with van der Waals surface area (Å²) in [6.07, 6.45) is 0. The van der Waals surface area contributed by atoms with Gasteiger partial charge >= 0.3 is 0 Å².